The standard InChI is InChI=1S/C23H21N3O2/c1-26-14-25-21-19(22(26)27)18(15-6-3-2-4-7-15)20(28-21)16-8-10-17(11-9-16)23(24)12-5-13-23/h2-4,6-11,14H,5,12-13,24H2,1H3. The Hall–Kier alpha value is -3.18. The van der Waals surface area contributed by atoms with Crippen molar-refractivity contribution in [2.75, 3.05) is 0 Å². The number of aromatic nitrogens is 2. The van der Waals surface area contributed by atoms with Crippen LogP contribution in [0.3, 0.4) is 0 Å². The first-order chi connectivity index (χ1) is 13.6. The second-order valence-corrected chi connectivity index (χ2v) is 7.60. The van der Waals surface area contributed by atoms with E-state index in [1.165, 1.54) is 17.3 Å². The lowest BCUT2D eigenvalue weighted by Gasteiger charge is -2.38. The maximum absolute atomic E-state index is 12.8. The van der Waals surface area contributed by atoms with Crippen LogP contribution in [0.25, 0.3) is 33.6 Å². The van der Waals surface area contributed by atoms with E-state index in [2.05, 4.69) is 17.1 Å². The number of aryl methyl sites for hydroxylation is 1. The minimum Gasteiger partial charge on any atom is -0.437 e. The van der Waals surface area contributed by atoms with E-state index in [-0.39, 0.29) is 11.1 Å². The Morgan fingerprint density at radius 2 is 1.75 bits per heavy atom. The van der Waals surface area contributed by atoms with E-state index >= 15 is 0 Å². The topological polar surface area (TPSA) is 74.1 Å². The van der Waals surface area contributed by atoms with Gasteiger partial charge in [-0.2, -0.15) is 0 Å². The summed E-state index contributed by atoms with van der Waals surface area (Å²) in [5.74, 6) is 0.656. The molecule has 0 atom stereocenters. The summed E-state index contributed by atoms with van der Waals surface area (Å²) in [7, 11) is 1.70. The zero-order valence-electron chi connectivity index (χ0n) is 15.7. The predicted octanol–water partition coefficient (Wildman–Crippen LogP) is 4.20. The van der Waals surface area contributed by atoms with Crippen molar-refractivity contribution in [3.63, 3.8) is 0 Å². The quantitative estimate of drug-likeness (QED) is 0.586. The molecule has 1 fully saturated rings. The van der Waals surface area contributed by atoms with Gasteiger partial charge in [0.05, 0.1) is 0 Å². The van der Waals surface area contributed by atoms with Crippen LogP contribution < -0.4 is 11.3 Å². The summed E-state index contributed by atoms with van der Waals surface area (Å²) < 4.78 is 7.56. The van der Waals surface area contributed by atoms with E-state index in [1.807, 2.05) is 42.5 Å². The summed E-state index contributed by atoms with van der Waals surface area (Å²) in [5, 5.41) is 0.504. The van der Waals surface area contributed by atoms with Crippen LogP contribution in [-0.2, 0) is 12.6 Å². The summed E-state index contributed by atoms with van der Waals surface area (Å²) in [6.45, 7) is 0. The lowest BCUT2D eigenvalue weighted by molar-refractivity contribution is 0.253. The maximum Gasteiger partial charge on any atom is 0.265 e. The molecule has 2 aromatic carbocycles. The monoisotopic (exact) mass is 371 g/mol. The highest BCUT2D eigenvalue weighted by Gasteiger charge is 2.34. The summed E-state index contributed by atoms with van der Waals surface area (Å²) in [6, 6.07) is 18.0. The van der Waals surface area contributed by atoms with Gasteiger partial charge in [-0.3, -0.25) is 4.79 Å². The van der Waals surface area contributed by atoms with Gasteiger partial charge in [0.1, 0.15) is 17.5 Å². The molecular formula is C23H21N3O2. The highest BCUT2D eigenvalue weighted by molar-refractivity contribution is 5.99. The van der Waals surface area contributed by atoms with E-state index in [4.69, 9.17) is 10.2 Å². The number of nitrogens with zero attached hydrogens (tertiary/aromatic N) is 2. The third kappa shape index (κ3) is 2.51. The Morgan fingerprint density at radius 1 is 1.04 bits per heavy atom. The molecule has 1 aliphatic rings. The highest BCUT2D eigenvalue weighted by atomic mass is 16.3. The first-order valence-electron chi connectivity index (χ1n) is 9.50. The molecule has 5 nitrogen and oxygen atoms in total. The normalized spacial score (nSPS) is 15.5. The van der Waals surface area contributed by atoms with Gasteiger partial charge in [-0.25, -0.2) is 4.98 Å². The number of hydrogen-bond acceptors (Lipinski definition) is 4. The van der Waals surface area contributed by atoms with Crippen LogP contribution in [0.5, 0.6) is 0 Å². The van der Waals surface area contributed by atoms with Crippen LogP contribution >= 0.6 is 0 Å². The molecule has 1 aliphatic carbocycles. The number of nitrogens with two attached hydrogens (primary N) is 1. The van der Waals surface area contributed by atoms with Crippen molar-refractivity contribution in [2.45, 2.75) is 24.8 Å². The van der Waals surface area contributed by atoms with Crippen LogP contribution in [0.15, 0.2) is 70.1 Å². The summed E-state index contributed by atoms with van der Waals surface area (Å²) in [5.41, 5.74) is 10.3. The lowest BCUT2D eigenvalue weighted by atomic mass is 9.72. The maximum atomic E-state index is 12.8. The van der Waals surface area contributed by atoms with Gasteiger partial charge in [0, 0.05) is 23.7 Å². The van der Waals surface area contributed by atoms with Crippen molar-refractivity contribution in [2.24, 2.45) is 12.8 Å². The SMILES string of the molecule is Cn1cnc2oc(-c3ccc(C4(N)CCC4)cc3)c(-c3ccccc3)c2c1=O. The predicted molar refractivity (Wildman–Crippen MR) is 110 cm³/mol. The van der Waals surface area contributed by atoms with Gasteiger partial charge in [-0.1, -0.05) is 54.6 Å². The summed E-state index contributed by atoms with van der Waals surface area (Å²) >= 11 is 0. The van der Waals surface area contributed by atoms with Gasteiger partial charge in [-0.15, -0.1) is 0 Å². The highest BCUT2D eigenvalue weighted by Crippen LogP contribution is 2.41. The zero-order chi connectivity index (χ0) is 19.3. The van der Waals surface area contributed by atoms with E-state index < -0.39 is 0 Å². The van der Waals surface area contributed by atoms with Gasteiger partial charge in [-0.05, 0) is 30.4 Å². The molecule has 0 amide bonds. The first kappa shape index (κ1) is 17.0. The van der Waals surface area contributed by atoms with Gasteiger partial charge >= 0.3 is 0 Å². The molecule has 0 spiro atoms. The first-order valence-corrected chi connectivity index (χ1v) is 9.50. The largest absolute Gasteiger partial charge is 0.437 e. The minimum absolute atomic E-state index is 0.120. The van der Waals surface area contributed by atoms with Crippen molar-refractivity contribution in [1.29, 1.82) is 0 Å². The number of hydrogen-bond donors (Lipinski definition) is 1. The molecule has 140 valence electrons. The van der Waals surface area contributed by atoms with Gasteiger partial charge in [0.25, 0.3) is 5.56 Å². The summed E-state index contributed by atoms with van der Waals surface area (Å²) in [4.78, 5) is 17.2. The molecule has 2 aromatic heterocycles. The molecule has 28 heavy (non-hydrogen) atoms. The molecule has 4 aromatic rings. The van der Waals surface area contributed by atoms with Crippen LogP contribution in [0, 0.1) is 0 Å². The zero-order valence-corrected chi connectivity index (χ0v) is 15.7. The molecule has 0 bridgehead atoms. The number of fused-ring (bicyclic) bond motifs is 1. The Bertz CT molecular complexity index is 1220. The lowest BCUT2D eigenvalue weighted by Crippen LogP contribution is -2.43. The second kappa shape index (κ2) is 6.17. The third-order valence-corrected chi connectivity index (χ3v) is 5.80. The van der Waals surface area contributed by atoms with Crippen molar-refractivity contribution in [1.82, 2.24) is 9.55 Å². The molecule has 5 heteroatoms. The molecule has 0 aliphatic heterocycles. The third-order valence-electron chi connectivity index (χ3n) is 5.80. The minimum atomic E-state index is -0.202. The van der Waals surface area contributed by atoms with Crippen LogP contribution in [-0.4, -0.2) is 9.55 Å². The van der Waals surface area contributed by atoms with Crippen molar-refractivity contribution in [3.05, 3.63) is 76.8 Å². The molecule has 2 N–H and O–H groups in total. The average Bonchev–Trinajstić information content (AvgIpc) is 3.10. The second-order valence-electron chi connectivity index (χ2n) is 7.60. The Morgan fingerprint density at radius 3 is 2.39 bits per heavy atom. The van der Waals surface area contributed by atoms with Crippen molar-refractivity contribution >= 4 is 11.1 Å². The Labute approximate surface area is 162 Å². The average molecular weight is 371 g/mol. The van der Waals surface area contributed by atoms with E-state index in [1.54, 1.807) is 7.05 Å². The molecule has 0 unspecified atom stereocenters. The van der Waals surface area contributed by atoms with Crippen LogP contribution in [0.2, 0.25) is 0 Å². The van der Waals surface area contributed by atoms with Crippen LogP contribution in [0.1, 0.15) is 24.8 Å². The number of furan rings is 1. The van der Waals surface area contributed by atoms with E-state index in [0.717, 1.165) is 35.1 Å². The van der Waals surface area contributed by atoms with Crippen molar-refractivity contribution in [3.8, 4) is 22.5 Å². The molecule has 5 rings (SSSR count). The molecule has 0 saturated heterocycles. The van der Waals surface area contributed by atoms with Crippen molar-refractivity contribution < 1.29 is 4.42 Å². The Balaban J connectivity index is 1.73. The molecular weight excluding hydrogens is 350 g/mol. The molecule has 1 saturated carbocycles. The molecule has 2 heterocycles. The fourth-order valence-corrected chi connectivity index (χ4v) is 3.96. The van der Waals surface area contributed by atoms with E-state index in [0.29, 0.717) is 16.9 Å². The molecule has 0 radical (unpaired) electrons. The van der Waals surface area contributed by atoms with Crippen LogP contribution in [0.4, 0.5) is 0 Å². The van der Waals surface area contributed by atoms with Gasteiger partial charge in [0.15, 0.2) is 0 Å². The fourth-order valence-electron chi connectivity index (χ4n) is 3.96. The fraction of sp³-hybridized carbons (Fsp3) is 0.217. The van der Waals surface area contributed by atoms with Gasteiger partial charge in [0.2, 0.25) is 5.71 Å². The summed E-state index contributed by atoms with van der Waals surface area (Å²) in [6.07, 6.45) is 4.71. The number of rotatable bonds is 3. The Kier molecular flexibility index (Phi) is 3.74. The van der Waals surface area contributed by atoms with E-state index in [9.17, 15) is 4.79 Å². The van der Waals surface area contributed by atoms with Gasteiger partial charge < -0.3 is 14.7 Å². The number of benzene rings is 2. The smallest absolute Gasteiger partial charge is 0.265 e.